The lowest BCUT2D eigenvalue weighted by atomic mass is 10.0. The second-order valence-electron chi connectivity index (χ2n) is 7.85. The summed E-state index contributed by atoms with van der Waals surface area (Å²) < 4.78 is 79.8. The molecule has 0 spiro atoms. The first-order valence-corrected chi connectivity index (χ1v) is 10.9. The topological polar surface area (TPSA) is 68.8 Å². The number of halogens is 7. The smallest absolute Gasteiger partial charge is 0.326 e. The van der Waals surface area contributed by atoms with Crippen molar-refractivity contribution in [2.45, 2.75) is 38.4 Å². The number of hydrogen-bond acceptors (Lipinski definition) is 4. The number of alkyl halides is 6. The van der Waals surface area contributed by atoms with Gasteiger partial charge < -0.3 is 5.32 Å². The number of carbonyl (C=O) groups is 1. The third-order valence-corrected chi connectivity index (χ3v) is 5.58. The molecule has 3 rings (SSSR count). The Balaban J connectivity index is 1.97. The summed E-state index contributed by atoms with van der Waals surface area (Å²) >= 11 is 5.91. The number of amides is 1. The molecule has 1 heterocycles. The third-order valence-electron chi connectivity index (χ3n) is 5.35. The molecule has 190 valence electrons. The van der Waals surface area contributed by atoms with Gasteiger partial charge in [0.1, 0.15) is 12.2 Å². The molecule has 0 aliphatic carbocycles. The maximum Gasteiger partial charge on any atom is 0.416 e. The van der Waals surface area contributed by atoms with Crippen LogP contribution in [0.5, 0.6) is 0 Å². The molecule has 2 aromatic carbocycles. The van der Waals surface area contributed by atoms with Gasteiger partial charge in [0.25, 0.3) is 5.91 Å². The average molecular weight is 522 g/mol. The molecule has 3 N–H and O–H groups in total. The van der Waals surface area contributed by atoms with Crippen molar-refractivity contribution in [2.75, 3.05) is 11.9 Å². The molecule has 0 radical (unpaired) electrons. The number of nitrogens with one attached hydrogen (secondary N) is 3. The molecule has 1 saturated heterocycles. The molecular formula is C22H22ClF6N5O. The zero-order valence-electron chi connectivity index (χ0n) is 18.5. The monoisotopic (exact) mass is 521 g/mol. The van der Waals surface area contributed by atoms with Crippen LogP contribution in [0.15, 0.2) is 53.5 Å². The van der Waals surface area contributed by atoms with Crippen molar-refractivity contribution in [3.8, 4) is 0 Å². The van der Waals surface area contributed by atoms with Gasteiger partial charge >= 0.3 is 12.4 Å². The Kier molecular flexibility index (Phi) is 7.97. The van der Waals surface area contributed by atoms with Crippen molar-refractivity contribution in [2.24, 2.45) is 10.9 Å². The van der Waals surface area contributed by atoms with Crippen LogP contribution in [-0.2, 0) is 6.18 Å². The van der Waals surface area contributed by atoms with E-state index in [9.17, 15) is 31.1 Å². The molecule has 2 aromatic rings. The number of guanidine groups is 1. The van der Waals surface area contributed by atoms with Gasteiger partial charge in [0.05, 0.1) is 5.56 Å². The summed E-state index contributed by atoms with van der Waals surface area (Å²) in [5.41, 5.74) is 1.46. The highest BCUT2D eigenvalue weighted by Gasteiger charge is 2.52. The largest absolute Gasteiger partial charge is 0.416 e. The fraction of sp³-hybridized carbons (Fsp3) is 0.364. The highest BCUT2D eigenvalue weighted by Crippen LogP contribution is 2.34. The summed E-state index contributed by atoms with van der Waals surface area (Å²) in [6, 6.07) is 8.09. The molecule has 6 nitrogen and oxygen atoms in total. The molecule has 0 bridgehead atoms. The molecule has 1 aliphatic rings. The Hall–Kier alpha value is -2.83. The predicted octanol–water partition coefficient (Wildman–Crippen LogP) is 5.29. The van der Waals surface area contributed by atoms with Crippen LogP contribution in [0.4, 0.5) is 32.0 Å². The van der Waals surface area contributed by atoms with Gasteiger partial charge in [-0.15, -0.1) is 0 Å². The lowest BCUT2D eigenvalue weighted by Gasteiger charge is -2.22. The lowest BCUT2D eigenvalue weighted by molar-refractivity contribution is -0.163. The first-order chi connectivity index (χ1) is 16.3. The molecule has 3 unspecified atom stereocenters. The van der Waals surface area contributed by atoms with E-state index >= 15 is 0 Å². The Labute approximate surface area is 202 Å². The number of nitrogens with zero attached hydrogens (tertiary/aromatic N) is 2. The number of anilines is 1. The zero-order chi connectivity index (χ0) is 26.0. The Bertz CT molecular complexity index is 1090. The van der Waals surface area contributed by atoms with Crippen LogP contribution in [-0.4, -0.2) is 41.8 Å². The minimum absolute atomic E-state index is 0.0704. The van der Waals surface area contributed by atoms with Gasteiger partial charge in [-0.1, -0.05) is 37.6 Å². The van der Waals surface area contributed by atoms with Gasteiger partial charge in [-0.3, -0.25) is 10.1 Å². The normalized spacial score (nSPS) is 21.7. The van der Waals surface area contributed by atoms with E-state index in [2.05, 4.69) is 21.1 Å². The summed E-state index contributed by atoms with van der Waals surface area (Å²) in [5, 5.41) is 6.56. The maximum absolute atomic E-state index is 13.5. The second-order valence-corrected chi connectivity index (χ2v) is 8.29. The van der Waals surface area contributed by atoms with Gasteiger partial charge in [-0.2, -0.15) is 26.3 Å². The molecule has 0 aromatic heterocycles. The SMILES string of the molecule is CCN1NC(C(F)(F)F)C(C)C1N=C(NC(=O)c1cccc(Cl)c1)Nc1cccc(C(F)(F)F)c1. The van der Waals surface area contributed by atoms with E-state index in [-0.39, 0.29) is 28.8 Å². The van der Waals surface area contributed by atoms with Crippen molar-refractivity contribution in [3.05, 3.63) is 64.7 Å². The Morgan fingerprint density at radius 1 is 1.11 bits per heavy atom. The average Bonchev–Trinajstić information content (AvgIpc) is 3.09. The maximum atomic E-state index is 13.5. The van der Waals surface area contributed by atoms with E-state index in [1.165, 1.54) is 42.3 Å². The van der Waals surface area contributed by atoms with E-state index in [0.29, 0.717) is 0 Å². The summed E-state index contributed by atoms with van der Waals surface area (Å²) in [4.78, 5) is 17.0. The molecular weight excluding hydrogens is 500 g/mol. The fourth-order valence-electron chi connectivity index (χ4n) is 3.61. The highest BCUT2D eigenvalue weighted by molar-refractivity contribution is 6.31. The number of hydrazine groups is 1. The van der Waals surface area contributed by atoms with Gasteiger partial charge in [-0.05, 0) is 36.4 Å². The molecule has 1 amide bonds. The molecule has 13 heteroatoms. The number of hydrogen-bond donors (Lipinski definition) is 3. The quantitative estimate of drug-likeness (QED) is 0.290. The van der Waals surface area contributed by atoms with Gasteiger partial charge in [0.15, 0.2) is 0 Å². The van der Waals surface area contributed by atoms with Gasteiger partial charge in [0, 0.05) is 28.7 Å². The van der Waals surface area contributed by atoms with Crippen molar-refractivity contribution in [1.29, 1.82) is 0 Å². The second kappa shape index (κ2) is 10.4. The number of carbonyl (C=O) groups excluding carboxylic acids is 1. The van der Waals surface area contributed by atoms with E-state index in [0.717, 1.165) is 18.2 Å². The minimum Gasteiger partial charge on any atom is -0.326 e. The Morgan fingerprint density at radius 2 is 1.80 bits per heavy atom. The lowest BCUT2D eigenvalue weighted by Crippen LogP contribution is -2.45. The number of benzene rings is 2. The van der Waals surface area contributed by atoms with Crippen molar-refractivity contribution >= 4 is 29.2 Å². The third kappa shape index (κ3) is 6.65. The first-order valence-electron chi connectivity index (χ1n) is 10.5. The van der Waals surface area contributed by atoms with Crippen LogP contribution in [0.1, 0.15) is 29.8 Å². The summed E-state index contributed by atoms with van der Waals surface area (Å²) in [7, 11) is 0. The number of rotatable bonds is 4. The van der Waals surface area contributed by atoms with Gasteiger partial charge in [-0.25, -0.2) is 15.4 Å². The van der Waals surface area contributed by atoms with Crippen molar-refractivity contribution in [1.82, 2.24) is 15.8 Å². The molecule has 0 saturated carbocycles. The minimum atomic E-state index is -4.62. The number of aliphatic imine (C=N–C) groups is 1. The van der Waals surface area contributed by atoms with Crippen LogP contribution < -0.4 is 16.1 Å². The van der Waals surface area contributed by atoms with E-state index in [1.807, 2.05) is 0 Å². The summed E-state index contributed by atoms with van der Waals surface area (Å²) in [6.07, 6.45) is -10.3. The van der Waals surface area contributed by atoms with Crippen LogP contribution in [0.2, 0.25) is 5.02 Å². The van der Waals surface area contributed by atoms with Crippen LogP contribution in [0.3, 0.4) is 0 Å². The fourth-order valence-corrected chi connectivity index (χ4v) is 3.80. The standard InChI is InChI=1S/C22H22ClF6N5O/c1-3-34-18(12(2)17(33-34)22(27,28)29)31-20(32-19(35)13-6-4-8-15(23)10-13)30-16-9-5-7-14(11-16)21(24,25)26/h4-12,17-18,33H,3H2,1-2H3,(H2,30,31,32,35). The molecule has 1 aliphatic heterocycles. The Morgan fingerprint density at radius 3 is 2.40 bits per heavy atom. The van der Waals surface area contributed by atoms with Crippen LogP contribution in [0.25, 0.3) is 0 Å². The first kappa shape index (κ1) is 26.8. The molecule has 35 heavy (non-hydrogen) atoms. The van der Waals surface area contributed by atoms with E-state index < -0.39 is 41.9 Å². The predicted molar refractivity (Wildman–Crippen MR) is 120 cm³/mol. The summed E-state index contributed by atoms with van der Waals surface area (Å²) in [5.74, 6) is -2.11. The highest BCUT2D eigenvalue weighted by atomic mass is 35.5. The van der Waals surface area contributed by atoms with Crippen LogP contribution in [0, 0.1) is 5.92 Å². The van der Waals surface area contributed by atoms with E-state index in [4.69, 9.17) is 11.6 Å². The van der Waals surface area contributed by atoms with Crippen LogP contribution >= 0.6 is 11.6 Å². The molecule has 3 atom stereocenters. The zero-order valence-corrected chi connectivity index (χ0v) is 19.3. The van der Waals surface area contributed by atoms with Gasteiger partial charge in [0.2, 0.25) is 5.96 Å². The van der Waals surface area contributed by atoms with Crippen molar-refractivity contribution < 1.29 is 31.1 Å². The summed E-state index contributed by atoms with van der Waals surface area (Å²) in [6.45, 7) is 3.10. The van der Waals surface area contributed by atoms with E-state index in [1.54, 1.807) is 6.92 Å². The van der Waals surface area contributed by atoms with Crippen molar-refractivity contribution in [3.63, 3.8) is 0 Å². The molecule has 1 fully saturated rings.